The Morgan fingerprint density at radius 2 is 1.56 bits per heavy atom. The number of fused-ring (bicyclic) bond motifs is 3. The molecule has 3 saturated heterocycles. The zero-order valence-electron chi connectivity index (χ0n) is 31.6. The maximum absolute atomic E-state index is 12.5. The van der Waals surface area contributed by atoms with Gasteiger partial charge in [-0.15, -0.1) is 6.58 Å². The maximum Gasteiger partial charge on any atom is 0.334 e. The third-order valence-electron chi connectivity index (χ3n) is 11.9. The second kappa shape index (κ2) is 18.0. The van der Waals surface area contributed by atoms with Crippen molar-refractivity contribution in [3.05, 3.63) is 60.0 Å². The summed E-state index contributed by atoms with van der Waals surface area (Å²) < 4.78 is 40.0. The summed E-state index contributed by atoms with van der Waals surface area (Å²) in [6.07, 6.45) is -21.0. The van der Waals surface area contributed by atoms with Gasteiger partial charge in [0.25, 0.3) is 0 Å². The molecular formula is C38H52N2O19. The number of ether oxygens (including phenoxy) is 7. The van der Waals surface area contributed by atoms with E-state index in [2.05, 4.69) is 16.9 Å². The summed E-state index contributed by atoms with van der Waals surface area (Å²) in [6.45, 7) is 0.892. The first kappa shape index (κ1) is 43.9. The minimum Gasteiger partial charge on any atom is -0.478 e. The van der Waals surface area contributed by atoms with E-state index in [4.69, 9.17) is 33.2 Å². The van der Waals surface area contributed by atoms with Crippen molar-refractivity contribution in [2.45, 2.75) is 111 Å². The number of aliphatic carboxylic acids is 1. The highest BCUT2D eigenvalue weighted by Crippen LogP contribution is 2.43. The summed E-state index contributed by atoms with van der Waals surface area (Å²) in [5, 5.41) is 121. The predicted octanol–water partition coefficient (Wildman–Crippen LogP) is -4.05. The van der Waals surface area contributed by atoms with E-state index >= 15 is 0 Å². The monoisotopic (exact) mass is 840 g/mol. The molecule has 21 nitrogen and oxygen atoms in total. The van der Waals surface area contributed by atoms with Crippen molar-refractivity contribution in [2.24, 2.45) is 11.8 Å². The van der Waals surface area contributed by atoms with Gasteiger partial charge in [0.2, 0.25) is 12.1 Å². The van der Waals surface area contributed by atoms with Crippen LogP contribution in [0.2, 0.25) is 0 Å². The van der Waals surface area contributed by atoms with Crippen LogP contribution in [-0.2, 0) is 44.4 Å². The van der Waals surface area contributed by atoms with E-state index in [1.54, 1.807) is 0 Å². The highest BCUT2D eigenvalue weighted by atomic mass is 16.8. The Balaban J connectivity index is 1.07. The van der Waals surface area contributed by atoms with Gasteiger partial charge in [0.05, 0.1) is 31.7 Å². The van der Waals surface area contributed by atoms with Gasteiger partial charge in [0, 0.05) is 34.5 Å². The minimum atomic E-state index is -2.45. The van der Waals surface area contributed by atoms with Gasteiger partial charge in [0.1, 0.15) is 73.8 Å². The summed E-state index contributed by atoms with van der Waals surface area (Å²) in [5.74, 6) is -5.26. The number of para-hydroxylation sites is 1. The quantitative estimate of drug-likeness (QED) is 0.0805. The number of carboxylic acids is 1. The van der Waals surface area contributed by atoms with Crippen LogP contribution in [-0.4, -0.2) is 192 Å². The van der Waals surface area contributed by atoms with E-state index < -0.39 is 136 Å². The maximum atomic E-state index is 12.5. The van der Waals surface area contributed by atoms with Crippen LogP contribution in [0.1, 0.15) is 23.7 Å². The first-order valence-electron chi connectivity index (χ1n) is 19.3. The lowest BCUT2D eigenvalue weighted by molar-refractivity contribution is -0.396. The zero-order chi connectivity index (χ0) is 42.3. The Bertz CT molecular complexity index is 1810. The topological polar surface area (TPSA) is 332 Å². The fourth-order valence-corrected chi connectivity index (χ4v) is 8.75. The fraction of sp³-hybridized carbons (Fsp3) is 0.658. The van der Waals surface area contributed by atoms with Crippen LogP contribution in [0.25, 0.3) is 10.9 Å². The number of carboxylic acid groups (broad SMARTS) is 1. The molecule has 1 aromatic carbocycles. The van der Waals surface area contributed by atoms with Crippen LogP contribution >= 0.6 is 0 Å². The molecule has 18 unspecified atom stereocenters. The van der Waals surface area contributed by atoms with E-state index in [1.807, 2.05) is 24.3 Å². The number of H-pyrrole nitrogens is 1. The molecule has 21 heteroatoms. The molecule has 0 spiro atoms. The third kappa shape index (κ3) is 8.06. The molecule has 13 N–H and O–H groups in total. The normalized spacial score (nSPS) is 42.5. The van der Waals surface area contributed by atoms with Crippen LogP contribution in [0, 0.1) is 11.8 Å². The molecule has 2 aromatic rings. The molecule has 0 amide bonds. The Morgan fingerprint density at radius 3 is 2.22 bits per heavy atom. The zero-order valence-corrected chi connectivity index (χ0v) is 31.6. The summed E-state index contributed by atoms with van der Waals surface area (Å²) in [4.78, 5) is 16.0. The van der Waals surface area contributed by atoms with Crippen LogP contribution in [0.3, 0.4) is 0 Å². The van der Waals surface area contributed by atoms with Gasteiger partial charge in [-0.1, -0.05) is 24.3 Å². The highest BCUT2D eigenvalue weighted by molar-refractivity contribution is 5.87. The number of hydrogen-bond donors (Lipinski definition) is 13. The van der Waals surface area contributed by atoms with Gasteiger partial charge < -0.3 is 99.6 Å². The van der Waals surface area contributed by atoms with Gasteiger partial charge >= 0.3 is 5.97 Å². The number of rotatable bonds is 14. The molecule has 5 aliphatic heterocycles. The lowest BCUT2D eigenvalue weighted by Crippen LogP contribution is -2.67. The highest BCUT2D eigenvalue weighted by Gasteiger charge is 2.59. The second-order valence-corrected chi connectivity index (χ2v) is 15.3. The Morgan fingerprint density at radius 1 is 0.847 bits per heavy atom. The number of carbonyl (C=O) groups is 1. The molecular weight excluding hydrogens is 788 g/mol. The average Bonchev–Trinajstić information content (AvgIpc) is 3.74. The van der Waals surface area contributed by atoms with E-state index in [0.29, 0.717) is 6.54 Å². The number of aliphatic hydroxyl groups is 10. The molecule has 59 heavy (non-hydrogen) atoms. The van der Waals surface area contributed by atoms with Crippen molar-refractivity contribution in [1.82, 2.24) is 10.3 Å². The van der Waals surface area contributed by atoms with Crippen LogP contribution in [0.4, 0.5) is 0 Å². The largest absolute Gasteiger partial charge is 0.478 e. The first-order chi connectivity index (χ1) is 28.3. The van der Waals surface area contributed by atoms with Gasteiger partial charge in [0.15, 0.2) is 12.6 Å². The minimum absolute atomic E-state index is 0.0491. The van der Waals surface area contributed by atoms with Gasteiger partial charge in [-0.2, -0.15) is 0 Å². The Labute approximate surface area is 336 Å². The Kier molecular flexibility index (Phi) is 13.4. The first-order valence-corrected chi connectivity index (χ1v) is 19.3. The van der Waals surface area contributed by atoms with Crippen molar-refractivity contribution < 1.29 is 94.1 Å². The van der Waals surface area contributed by atoms with E-state index in [-0.39, 0.29) is 18.0 Å². The molecule has 1 aromatic heterocycles. The molecule has 5 aliphatic rings. The lowest BCUT2D eigenvalue weighted by Gasteiger charge is -2.48. The molecule has 0 saturated carbocycles. The smallest absolute Gasteiger partial charge is 0.334 e. The molecule has 6 heterocycles. The molecule has 3 fully saturated rings. The van der Waals surface area contributed by atoms with Crippen molar-refractivity contribution >= 4 is 16.9 Å². The molecule has 0 radical (unpaired) electrons. The number of benzene rings is 1. The van der Waals surface area contributed by atoms with Crippen molar-refractivity contribution in [3.63, 3.8) is 0 Å². The fourth-order valence-electron chi connectivity index (χ4n) is 8.75. The number of hydrogen-bond acceptors (Lipinski definition) is 19. The number of aromatic nitrogens is 1. The predicted molar refractivity (Wildman–Crippen MR) is 195 cm³/mol. The number of aromatic amines is 1. The van der Waals surface area contributed by atoms with Crippen molar-refractivity contribution in [2.75, 3.05) is 33.0 Å². The van der Waals surface area contributed by atoms with Gasteiger partial charge in [-0.3, -0.25) is 0 Å². The lowest BCUT2D eigenvalue weighted by atomic mass is 9.78. The molecule has 7 rings (SSSR count). The Hall–Kier alpha value is -3.17. The summed E-state index contributed by atoms with van der Waals surface area (Å²) in [5.41, 5.74) is 2.95. The van der Waals surface area contributed by atoms with Crippen LogP contribution < -0.4 is 5.32 Å². The molecule has 0 bridgehead atoms. The van der Waals surface area contributed by atoms with E-state index in [1.165, 1.54) is 6.08 Å². The SMILES string of the molecule is C=CC1C(OC2OC(CO)C(OC3C(O)C(CO)OC(OC4(CO)OC(CO)C(O)C4O)C3O)C(O)C2O)OC=C(C(=O)O)C1CC1NCCc2c1[nH]c1ccccc21. The van der Waals surface area contributed by atoms with Gasteiger partial charge in [-0.05, 0) is 31.0 Å². The second-order valence-electron chi connectivity index (χ2n) is 15.3. The van der Waals surface area contributed by atoms with Crippen molar-refractivity contribution in [1.29, 1.82) is 0 Å². The average molecular weight is 841 g/mol. The molecule has 18 atom stereocenters. The van der Waals surface area contributed by atoms with Crippen LogP contribution in [0.15, 0.2) is 48.8 Å². The number of nitrogens with one attached hydrogen (secondary N) is 2. The standard InChI is InChI=1S/C38H52N2O19/c1-2-15-18(9-21-25-17(7-8-39-21)16-5-3-4-6-20(16)40-25)19(34(51)52)13-53-35(15)57-36-29(48)28(47)31(24(12-43)55-36)56-32-26(45)22(10-41)54-37(30(32)49)59-38(14-44)33(50)27(46)23(11-42)58-38/h2-6,13,15,18,21-24,26-33,35-37,39-50H,1,7-12,14H2,(H,51,52). The van der Waals surface area contributed by atoms with Crippen LogP contribution in [0.5, 0.6) is 0 Å². The third-order valence-corrected chi connectivity index (χ3v) is 11.9. The summed E-state index contributed by atoms with van der Waals surface area (Å²) >= 11 is 0. The summed E-state index contributed by atoms with van der Waals surface area (Å²) in [6, 6.07) is 7.57. The molecule has 0 aliphatic carbocycles. The van der Waals surface area contributed by atoms with E-state index in [0.717, 1.165) is 34.8 Å². The van der Waals surface area contributed by atoms with E-state index in [9.17, 15) is 61.0 Å². The van der Waals surface area contributed by atoms with Gasteiger partial charge in [-0.25, -0.2) is 4.79 Å². The molecule has 328 valence electrons. The summed E-state index contributed by atoms with van der Waals surface area (Å²) in [7, 11) is 0. The number of aliphatic hydroxyl groups excluding tert-OH is 10. The van der Waals surface area contributed by atoms with Crippen molar-refractivity contribution in [3.8, 4) is 0 Å².